The quantitative estimate of drug-likeness (QED) is 0.881. The zero-order valence-electron chi connectivity index (χ0n) is 10.00. The summed E-state index contributed by atoms with van der Waals surface area (Å²) in [5.74, 6) is -2.60. The van der Waals surface area contributed by atoms with Gasteiger partial charge in [-0.25, -0.2) is 13.6 Å². The molecule has 0 amide bonds. The van der Waals surface area contributed by atoms with E-state index in [-0.39, 0.29) is 5.56 Å². The van der Waals surface area contributed by atoms with E-state index in [1.807, 2.05) is 0 Å². The molecule has 17 heavy (non-hydrogen) atoms. The van der Waals surface area contributed by atoms with Crippen LogP contribution in [0.3, 0.4) is 0 Å². The SMILES string of the molecule is CCN(C)C(C)(C(=O)O)c1cc(F)ccc1F. The number of nitrogens with zero attached hydrogens (tertiary/aromatic N) is 1. The first-order chi connectivity index (χ1) is 7.83. The van der Waals surface area contributed by atoms with Gasteiger partial charge in [0.05, 0.1) is 0 Å². The molecule has 0 saturated heterocycles. The van der Waals surface area contributed by atoms with E-state index in [2.05, 4.69) is 0 Å². The molecule has 0 aliphatic rings. The summed E-state index contributed by atoms with van der Waals surface area (Å²) < 4.78 is 26.8. The van der Waals surface area contributed by atoms with E-state index in [0.717, 1.165) is 18.2 Å². The molecule has 1 N–H and O–H groups in total. The highest BCUT2D eigenvalue weighted by molar-refractivity contribution is 5.80. The van der Waals surface area contributed by atoms with E-state index in [1.165, 1.54) is 11.8 Å². The molecule has 3 nitrogen and oxygen atoms in total. The summed E-state index contributed by atoms with van der Waals surface area (Å²) in [6, 6.07) is 2.83. The summed E-state index contributed by atoms with van der Waals surface area (Å²) in [6.07, 6.45) is 0. The maximum Gasteiger partial charge on any atom is 0.328 e. The van der Waals surface area contributed by atoms with Crippen LogP contribution in [0.25, 0.3) is 0 Å². The minimum absolute atomic E-state index is 0.172. The highest BCUT2D eigenvalue weighted by Crippen LogP contribution is 2.30. The minimum Gasteiger partial charge on any atom is -0.480 e. The van der Waals surface area contributed by atoms with Crippen molar-refractivity contribution in [2.24, 2.45) is 0 Å². The summed E-state index contributed by atoms with van der Waals surface area (Å²) >= 11 is 0. The fraction of sp³-hybridized carbons (Fsp3) is 0.417. The van der Waals surface area contributed by atoms with Crippen LogP contribution < -0.4 is 0 Å². The molecule has 1 aromatic rings. The lowest BCUT2D eigenvalue weighted by Gasteiger charge is -2.34. The lowest BCUT2D eigenvalue weighted by Crippen LogP contribution is -2.48. The van der Waals surface area contributed by atoms with E-state index < -0.39 is 23.1 Å². The second-order valence-corrected chi connectivity index (χ2v) is 4.02. The Hall–Kier alpha value is -1.49. The topological polar surface area (TPSA) is 40.5 Å². The van der Waals surface area contributed by atoms with E-state index in [9.17, 15) is 18.7 Å². The van der Waals surface area contributed by atoms with Crippen molar-refractivity contribution < 1.29 is 18.7 Å². The molecular formula is C12H15F2NO2. The molecule has 94 valence electrons. The molecule has 0 heterocycles. The number of aliphatic carboxylic acids is 1. The van der Waals surface area contributed by atoms with Gasteiger partial charge in [0, 0.05) is 5.56 Å². The van der Waals surface area contributed by atoms with Crippen LogP contribution in [0.5, 0.6) is 0 Å². The van der Waals surface area contributed by atoms with Gasteiger partial charge in [-0.3, -0.25) is 4.90 Å². The largest absolute Gasteiger partial charge is 0.480 e. The number of halogens is 2. The van der Waals surface area contributed by atoms with Crippen molar-refractivity contribution in [3.05, 3.63) is 35.4 Å². The van der Waals surface area contributed by atoms with Crippen molar-refractivity contribution in [2.75, 3.05) is 13.6 Å². The Morgan fingerprint density at radius 1 is 1.47 bits per heavy atom. The van der Waals surface area contributed by atoms with E-state index in [1.54, 1.807) is 14.0 Å². The summed E-state index contributed by atoms with van der Waals surface area (Å²) in [6.45, 7) is 3.51. The maximum atomic E-state index is 13.7. The molecular weight excluding hydrogens is 228 g/mol. The third-order valence-electron chi connectivity index (χ3n) is 3.11. The molecule has 0 spiro atoms. The highest BCUT2D eigenvalue weighted by atomic mass is 19.1. The standard InChI is InChI=1S/C12H15F2NO2/c1-4-15(3)12(2,11(16)17)9-7-8(13)5-6-10(9)14/h5-7H,4H2,1-3H3,(H,16,17). The number of hydrogen-bond acceptors (Lipinski definition) is 2. The highest BCUT2D eigenvalue weighted by Gasteiger charge is 2.41. The number of carboxylic acid groups (broad SMARTS) is 1. The summed E-state index contributed by atoms with van der Waals surface area (Å²) in [7, 11) is 1.55. The van der Waals surface area contributed by atoms with Gasteiger partial charge in [-0.2, -0.15) is 0 Å². The van der Waals surface area contributed by atoms with Gasteiger partial charge in [-0.05, 0) is 38.7 Å². The normalized spacial score (nSPS) is 14.7. The Kier molecular flexibility index (Phi) is 3.83. The number of hydrogen-bond donors (Lipinski definition) is 1. The molecule has 1 unspecified atom stereocenters. The van der Waals surface area contributed by atoms with Crippen molar-refractivity contribution in [2.45, 2.75) is 19.4 Å². The van der Waals surface area contributed by atoms with Crippen molar-refractivity contribution in [1.29, 1.82) is 0 Å². The predicted octanol–water partition coefficient (Wildman–Crippen LogP) is 2.22. The molecule has 1 atom stereocenters. The lowest BCUT2D eigenvalue weighted by molar-refractivity contribution is -0.150. The third kappa shape index (κ3) is 2.29. The number of rotatable bonds is 4. The molecule has 0 radical (unpaired) electrons. The molecule has 0 aromatic heterocycles. The molecule has 0 aliphatic heterocycles. The Balaban J connectivity index is 3.42. The Morgan fingerprint density at radius 2 is 2.06 bits per heavy atom. The molecule has 1 aromatic carbocycles. The smallest absolute Gasteiger partial charge is 0.328 e. The number of likely N-dealkylation sites (N-methyl/N-ethyl adjacent to an activating group) is 1. The van der Waals surface area contributed by atoms with Crippen LogP contribution in [0.1, 0.15) is 19.4 Å². The average Bonchev–Trinajstić information content (AvgIpc) is 2.29. The summed E-state index contributed by atoms with van der Waals surface area (Å²) in [4.78, 5) is 12.8. The maximum absolute atomic E-state index is 13.7. The van der Waals surface area contributed by atoms with Gasteiger partial charge in [0.25, 0.3) is 0 Å². The second kappa shape index (κ2) is 4.79. The summed E-state index contributed by atoms with van der Waals surface area (Å²) in [5, 5.41) is 9.27. The number of carboxylic acids is 1. The number of carbonyl (C=O) groups is 1. The van der Waals surface area contributed by atoms with Gasteiger partial charge in [0.2, 0.25) is 0 Å². The van der Waals surface area contributed by atoms with Gasteiger partial charge < -0.3 is 5.11 Å². The Bertz CT molecular complexity index is 437. The Labute approximate surface area is 98.7 Å². The van der Waals surface area contributed by atoms with E-state index in [0.29, 0.717) is 6.54 Å². The first-order valence-electron chi connectivity index (χ1n) is 5.24. The van der Waals surface area contributed by atoms with Crippen molar-refractivity contribution in [1.82, 2.24) is 4.90 Å². The predicted molar refractivity (Wildman–Crippen MR) is 59.6 cm³/mol. The van der Waals surface area contributed by atoms with E-state index >= 15 is 0 Å². The van der Waals surface area contributed by atoms with Crippen LogP contribution in [-0.2, 0) is 10.3 Å². The Morgan fingerprint density at radius 3 is 2.53 bits per heavy atom. The summed E-state index contributed by atoms with van der Waals surface area (Å²) in [5.41, 5.74) is -1.75. The van der Waals surface area contributed by atoms with Crippen LogP contribution in [0.2, 0.25) is 0 Å². The van der Waals surface area contributed by atoms with Gasteiger partial charge >= 0.3 is 5.97 Å². The molecule has 1 rings (SSSR count). The van der Waals surface area contributed by atoms with Crippen LogP contribution in [0.15, 0.2) is 18.2 Å². The molecule has 0 saturated carbocycles. The zero-order chi connectivity index (χ0) is 13.2. The molecule has 5 heteroatoms. The zero-order valence-corrected chi connectivity index (χ0v) is 10.00. The fourth-order valence-corrected chi connectivity index (χ4v) is 1.67. The molecule has 0 fully saturated rings. The van der Waals surface area contributed by atoms with Crippen molar-refractivity contribution in [3.63, 3.8) is 0 Å². The van der Waals surface area contributed by atoms with Crippen LogP contribution in [0.4, 0.5) is 8.78 Å². The van der Waals surface area contributed by atoms with Gasteiger partial charge in [0.1, 0.15) is 17.2 Å². The third-order valence-corrected chi connectivity index (χ3v) is 3.11. The van der Waals surface area contributed by atoms with Gasteiger partial charge in [-0.1, -0.05) is 6.92 Å². The van der Waals surface area contributed by atoms with E-state index in [4.69, 9.17) is 0 Å². The monoisotopic (exact) mass is 243 g/mol. The van der Waals surface area contributed by atoms with Crippen molar-refractivity contribution >= 4 is 5.97 Å². The minimum atomic E-state index is -1.58. The fourth-order valence-electron chi connectivity index (χ4n) is 1.67. The number of benzene rings is 1. The molecule has 0 bridgehead atoms. The second-order valence-electron chi connectivity index (χ2n) is 4.02. The van der Waals surface area contributed by atoms with Gasteiger partial charge in [-0.15, -0.1) is 0 Å². The van der Waals surface area contributed by atoms with Crippen molar-refractivity contribution in [3.8, 4) is 0 Å². The van der Waals surface area contributed by atoms with Crippen LogP contribution in [0, 0.1) is 11.6 Å². The lowest BCUT2D eigenvalue weighted by atomic mass is 9.90. The first-order valence-corrected chi connectivity index (χ1v) is 5.24. The first kappa shape index (κ1) is 13.6. The average molecular weight is 243 g/mol. The molecule has 0 aliphatic carbocycles. The van der Waals surface area contributed by atoms with Crippen LogP contribution in [-0.4, -0.2) is 29.6 Å². The van der Waals surface area contributed by atoms with Crippen LogP contribution >= 0.6 is 0 Å². The van der Waals surface area contributed by atoms with Gasteiger partial charge in [0.15, 0.2) is 0 Å².